The number of ether oxygens (including phenoxy) is 1. The van der Waals surface area contributed by atoms with Gasteiger partial charge in [0.15, 0.2) is 5.75 Å². The lowest BCUT2D eigenvalue weighted by Gasteiger charge is -2.26. The highest BCUT2D eigenvalue weighted by atomic mass is 32.2. The van der Waals surface area contributed by atoms with Gasteiger partial charge in [0, 0.05) is 12.7 Å². The van der Waals surface area contributed by atoms with Crippen LogP contribution in [0.15, 0.2) is 47.4 Å². The molecule has 0 aliphatic carbocycles. The molecule has 0 saturated heterocycles. The number of rotatable bonds is 3. The summed E-state index contributed by atoms with van der Waals surface area (Å²) < 4.78 is 32.7. The molecule has 0 radical (unpaired) electrons. The molecule has 23 heavy (non-hydrogen) atoms. The monoisotopic (exact) mass is 332 g/mol. The number of nitrogens with one attached hydrogen (secondary N) is 1. The van der Waals surface area contributed by atoms with E-state index in [-0.39, 0.29) is 17.4 Å². The standard InChI is InChI=1S/C16H16N2O4S/c1-11-4-3-5-12(8-11)17-23(20,21)13-6-7-15-14(9-13)18(2)10-16(19)22-15/h3-9,17H,10H2,1-2H3. The molecule has 0 amide bonds. The Morgan fingerprint density at radius 2 is 1.96 bits per heavy atom. The average molecular weight is 332 g/mol. The summed E-state index contributed by atoms with van der Waals surface area (Å²) in [6, 6.07) is 11.5. The molecule has 0 spiro atoms. The number of sulfonamides is 1. The first kappa shape index (κ1) is 15.4. The molecule has 3 rings (SSSR count). The van der Waals surface area contributed by atoms with Crippen LogP contribution in [-0.2, 0) is 14.8 Å². The molecular weight excluding hydrogens is 316 g/mol. The smallest absolute Gasteiger partial charge is 0.330 e. The fourth-order valence-corrected chi connectivity index (χ4v) is 3.47. The molecule has 1 aliphatic rings. The maximum absolute atomic E-state index is 12.5. The Morgan fingerprint density at radius 3 is 2.70 bits per heavy atom. The number of anilines is 2. The Hall–Kier alpha value is -2.54. The number of esters is 1. The number of aryl methyl sites for hydroxylation is 1. The van der Waals surface area contributed by atoms with Crippen LogP contribution in [0, 0.1) is 6.92 Å². The highest BCUT2D eigenvalue weighted by Gasteiger charge is 2.24. The van der Waals surface area contributed by atoms with Gasteiger partial charge < -0.3 is 9.64 Å². The summed E-state index contributed by atoms with van der Waals surface area (Å²) in [5.41, 5.74) is 2.03. The Balaban J connectivity index is 1.95. The molecule has 0 aromatic heterocycles. The molecule has 1 heterocycles. The third-order valence-electron chi connectivity index (χ3n) is 3.51. The van der Waals surface area contributed by atoms with Gasteiger partial charge in [0.2, 0.25) is 0 Å². The van der Waals surface area contributed by atoms with Gasteiger partial charge in [0.1, 0.15) is 6.54 Å². The van der Waals surface area contributed by atoms with Crippen LogP contribution in [0.1, 0.15) is 5.56 Å². The van der Waals surface area contributed by atoms with Crippen molar-refractivity contribution in [3.05, 3.63) is 48.0 Å². The second kappa shape index (κ2) is 5.58. The zero-order valence-electron chi connectivity index (χ0n) is 12.7. The topological polar surface area (TPSA) is 75.7 Å². The Bertz CT molecular complexity index is 877. The van der Waals surface area contributed by atoms with Crippen molar-refractivity contribution in [2.75, 3.05) is 23.2 Å². The van der Waals surface area contributed by atoms with E-state index >= 15 is 0 Å². The summed E-state index contributed by atoms with van der Waals surface area (Å²) in [5.74, 6) is -0.00764. The minimum absolute atomic E-state index is 0.0851. The van der Waals surface area contributed by atoms with Crippen LogP contribution >= 0.6 is 0 Å². The molecule has 0 atom stereocenters. The van der Waals surface area contributed by atoms with E-state index in [1.54, 1.807) is 30.1 Å². The normalized spacial score (nSPS) is 14.2. The highest BCUT2D eigenvalue weighted by Crippen LogP contribution is 2.33. The van der Waals surface area contributed by atoms with Gasteiger partial charge >= 0.3 is 5.97 Å². The molecule has 0 bridgehead atoms. The summed E-state index contributed by atoms with van der Waals surface area (Å²) in [4.78, 5) is 13.2. The fourth-order valence-electron chi connectivity index (χ4n) is 2.41. The summed E-state index contributed by atoms with van der Waals surface area (Å²) in [7, 11) is -2.01. The van der Waals surface area contributed by atoms with Crippen LogP contribution in [0.5, 0.6) is 5.75 Å². The number of carbonyl (C=O) groups excluding carboxylic acids is 1. The van der Waals surface area contributed by atoms with Gasteiger partial charge in [0.25, 0.3) is 10.0 Å². The zero-order valence-corrected chi connectivity index (χ0v) is 13.6. The van der Waals surface area contributed by atoms with Crippen molar-refractivity contribution in [1.82, 2.24) is 0 Å². The second-order valence-electron chi connectivity index (χ2n) is 5.43. The van der Waals surface area contributed by atoms with Gasteiger partial charge in [-0.2, -0.15) is 0 Å². The molecule has 6 nitrogen and oxygen atoms in total. The molecule has 2 aromatic rings. The maximum Gasteiger partial charge on any atom is 0.330 e. The first-order valence-corrected chi connectivity index (χ1v) is 8.49. The van der Waals surface area contributed by atoms with Gasteiger partial charge in [0.05, 0.1) is 10.6 Å². The van der Waals surface area contributed by atoms with Crippen LogP contribution in [0.3, 0.4) is 0 Å². The van der Waals surface area contributed by atoms with Crippen molar-refractivity contribution in [3.63, 3.8) is 0 Å². The lowest BCUT2D eigenvalue weighted by molar-refractivity contribution is -0.133. The largest absolute Gasteiger partial charge is 0.423 e. The summed E-state index contributed by atoms with van der Waals surface area (Å²) in [6.45, 7) is 1.97. The van der Waals surface area contributed by atoms with Crippen molar-refractivity contribution in [1.29, 1.82) is 0 Å². The lowest BCUT2D eigenvalue weighted by Crippen LogP contribution is -2.33. The van der Waals surface area contributed by atoms with Crippen LogP contribution < -0.4 is 14.4 Å². The van der Waals surface area contributed by atoms with Crippen LogP contribution in [0.2, 0.25) is 0 Å². The molecule has 0 fully saturated rings. The van der Waals surface area contributed by atoms with Crippen molar-refractivity contribution in [3.8, 4) is 5.75 Å². The van der Waals surface area contributed by atoms with Crippen molar-refractivity contribution >= 4 is 27.4 Å². The third-order valence-corrected chi connectivity index (χ3v) is 4.89. The van der Waals surface area contributed by atoms with Gasteiger partial charge in [-0.15, -0.1) is 0 Å². The number of carbonyl (C=O) groups is 1. The molecule has 1 N–H and O–H groups in total. The van der Waals surface area contributed by atoms with Crippen LogP contribution in [0.4, 0.5) is 11.4 Å². The van der Waals surface area contributed by atoms with Crippen LogP contribution in [-0.4, -0.2) is 28.0 Å². The zero-order chi connectivity index (χ0) is 16.6. The first-order valence-electron chi connectivity index (χ1n) is 7.00. The van der Waals surface area contributed by atoms with Crippen molar-refractivity contribution in [2.45, 2.75) is 11.8 Å². The average Bonchev–Trinajstić information content (AvgIpc) is 2.46. The number of hydrogen-bond acceptors (Lipinski definition) is 5. The number of nitrogens with zero attached hydrogens (tertiary/aromatic N) is 1. The van der Waals surface area contributed by atoms with E-state index in [1.165, 1.54) is 18.2 Å². The van der Waals surface area contributed by atoms with Gasteiger partial charge in [-0.1, -0.05) is 12.1 Å². The van der Waals surface area contributed by atoms with Crippen molar-refractivity contribution in [2.24, 2.45) is 0 Å². The van der Waals surface area contributed by atoms with E-state index < -0.39 is 10.0 Å². The lowest BCUT2D eigenvalue weighted by atomic mass is 10.2. The molecule has 120 valence electrons. The van der Waals surface area contributed by atoms with Gasteiger partial charge in [-0.25, -0.2) is 13.2 Å². The van der Waals surface area contributed by atoms with Crippen molar-refractivity contribution < 1.29 is 17.9 Å². The molecule has 1 aliphatic heterocycles. The molecule has 2 aromatic carbocycles. The quantitative estimate of drug-likeness (QED) is 0.688. The summed E-state index contributed by atoms with van der Waals surface area (Å²) in [6.07, 6.45) is 0. The molecule has 0 unspecified atom stereocenters. The predicted molar refractivity (Wildman–Crippen MR) is 87.3 cm³/mol. The van der Waals surface area contributed by atoms with E-state index in [0.29, 0.717) is 17.1 Å². The maximum atomic E-state index is 12.5. The van der Waals surface area contributed by atoms with Gasteiger partial charge in [-0.3, -0.25) is 4.72 Å². The fraction of sp³-hybridized carbons (Fsp3) is 0.188. The number of hydrogen-bond donors (Lipinski definition) is 1. The number of benzene rings is 2. The van der Waals surface area contributed by atoms with E-state index in [1.807, 2.05) is 13.0 Å². The minimum atomic E-state index is -3.72. The van der Waals surface area contributed by atoms with E-state index in [2.05, 4.69) is 4.72 Å². The molecule has 7 heteroatoms. The minimum Gasteiger partial charge on any atom is -0.423 e. The number of fused-ring (bicyclic) bond motifs is 1. The molecular formula is C16H16N2O4S. The SMILES string of the molecule is Cc1cccc(NS(=O)(=O)c2ccc3c(c2)N(C)CC(=O)O3)c1. The van der Waals surface area contributed by atoms with E-state index in [0.717, 1.165) is 5.56 Å². The number of likely N-dealkylation sites (N-methyl/N-ethyl adjacent to an activating group) is 1. The van der Waals surface area contributed by atoms with Crippen LogP contribution in [0.25, 0.3) is 0 Å². The van der Waals surface area contributed by atoms with E-state index in [4.69, 9.17) is 4.74 Å². The summed E-state index contributed by atoms with van der Waals surface area (Å²) >= 11 is 0. The summed E-state index contributed by atoms with van der Waals surface area (Å²) in [5, 5.41) is 0. The second-order valence-corrected chi connectivity index (χ2v) is 7.12. The predicted octanol–water partition coefficient (Wildman–Crippen LogP) is 2.15. The first-order chi connectivity index (χ1) is 10.8. The Morgan fingerprint density at radius 1 is 1.17 bits per heavy atom. The highest BCUT2D eigenvalue weighted by molar-refractivity contribution is 7.92. The van der Waals surface area contributed by atoms with Gasteiger partial charge in [-0.05, 0) is 42.8 Å². The Kier molecular flexibility index (Phi) is 3.73. The Labute approximate surface area is 134 Å². The van der Waals surface area contributed by atoms with E-state index in [9.17, 15) is 13.2 Å². The third kappa shape index (κ3) is 3.14. The molecule has 0 saturated carbocycles.